The van der Waals surface area contributed by atoms with Crippen molar-refractivity contribution in [3.63, 3.8) is 0 Å². The molecule has 1 unspecified atom stereocenters. The van der Waals surface area contributed by atoms with Gasteiger partial charge in [0, 0.05) is 32.9 Å². The van der Waals surface area contributed by atoms with Crippen LogP contribution in [0.1, 0.15) is 40.2 Å². The fourth-order valence-electron chi connectivity index (χ4n) is 6.65. The van der Waals surface area contributed by atoms with E-state index in [1.807, 2.05) is 47.8 Å². The van der Waals surface area contributed by atoms with Crippen LogP contribution in [-0.4, -0.2) is 21.4 Å². The Morgan fingerprint density at radius 3 is 2.26 bits per heavy atom. The Morgan fingerprint density at radius 1 is 0.974 bits per heavy atom. The minimum Gasteiger partial charge on any atom is -0.316 e. The monoisotopic (exact) mass is 532 g/mol. The number of benzene rings is 4. The average molecular weight is 533 g/mol. The van der Waals surface area contributed by atoms with Crippen LogP contribution in [0.4, 0.5) is 5.13 Å². The molecule has 1 heterocycles. The fourth-order valence-corrected chi connectivity index (χ4v) is 7.35. The molecule has 0 aliphatic heterocycles. The Bertz CT molecular complexity index is 1780. The molecule has 7 nitrogen and oxygen atoms in total. The summed E-state index contributed by atoms with van der Waals surface area (Å²) in [6, 6.07) is 26.8. The molecule has 8 heteroatoms. The van der Waals surface area contributed by atoms with E-state index in [1.165, 1.54) is 16.9 Å². The Balaban J connectivity index is 1.29. The van der Waals surface area contributed by atoms with Crippen molar-refractivity contribution in [3.8, 4) is 11.3 Å². The van der Waals surface area contributed by atoms with Gasteiger partial charge in [-0.2, -0.15) is 0 Å². The predicted molar refractivity (Wildman–Crippen MR) is 152 cm³/mol. The van der Waals surface area contributed by atoms with Crippen LogP contribution in [0.3, 0.4) is 0 Å². The molecule has 4 aromatic carbocycles. The van der Waals surface area contributed by atoms with Gasteiger partial charge in [0.15, 0.2) is 5.13 Å². The third-order valence-corrected chi connectivity index (χ3v) is 9.13. The number of thiazole rings is 1. The highest BCUT2D eigenvalue weighted by Crippen LogP contribution is 2.59. The van der Waals surface area contributed by atoms with Crippen molar-refractivity contribution in [3.05, 3.63) is 128 Å². The van der Waals surface area contributed by atoms with Crippen LogP contribution in [0, 0.1) is 17.0 Å². The van der Waals surface area contributed by atoms with Gasteiger partial charge in [0.1, 0.15) is 5.54 Å². The number of hydrogen-bond acceptors (Lipinski definition) is 6. The molecule has 0 saturated heterocycles. The molecular formula is C31H24N4O3S. The van der Waals surface area contributed by atoms with Crippen LogP contribution in [0.5, 0.6) is 0 Å². The second kappa shape index (κ2) is 8.30. The molecule has 192 valence electrons. The first-order valence-corrected chi connectivity index (χ1v) is 13.6. The first-order valence-electron chi connectivity index (χ1n) is 12.7. The maximum Gasteiger partial charge on any atom is 0.274 e. The van der Waals surface area contributed by atoms with Crippen molar-refractivity contribution in [1.29, 1.82) is 0 Å². The first kappa shape index (κ1) is 23.7. The number of hydrogen-bond donors (Lipinski definition) is 2. The molecule has 39 heavy (non-hydrogen) atoms. The zero-order valence-electron chi connectivity index (χ0n) is 21.0. The smallest absolute Gasteiger partial charge is 0.274 e. The van der Waals surface area contributed by atoms with Crippen LogP contribution < -0.4 is 11.1 Å². The van der Waals surface area contributed by atoms with E-state index >= 15 is 0 Å². The van der Waals surface area contributed by atoms with Crippen LogP contribution in [0.15, 0.2) is 90.3 Å². The summed E-state index contributed by atoms with van der Waals surface area (Å²) in [6.07, 6.45) is -0.141. The highest BCUT2D eigenvalue weighted by Gasteiger charge is 2.67. The Morgan fingerprint density at radius 2 is 1.59 bits per heavy atom. The largest absolute Gasteiger partial charge is 0.316 e. The zero-order valence-corrected chi connectivity index (χ0v) is 21.9. The second-order valence-corrected chi connectivity index (χ2v) is 11.3. The van der Waals surface area contributed by atoms with Gasteiger partial charge >= 0.3 is 0 Å². The van der Waals surface area contributed by atoms with Crippen LogP contribution >= 0.6 is 11.3 Å². The Kier molecular flexibility index (Phi) is 5.04. The van der Waals surface area contributed by atoms with Gasteiger partial charge in [-0.05, 0) is 34.4 Å². The third kappa shape index (κ3) is 3.19. The van der Waals surface area contributed by atoms with Gasteiger partial charge in [0.2, 0.25) is 5.91 Å². The van der Waals surface area contributed by atoms with E-state index in [1.54, 1.807) is 24.3 Å². The van der Waals surface area contributed by atoms with Gasteiger partial charge in [-0.3, -0.25) is 14.9 Å². The van der Waals surface area contributed by atoms with Crippen molar-refractivity contribution < 1.29 is 9.72 Å². The summed E-state index contributed by atoms with van der Waals surface area (Å²) in [6.45, 7) is 2.07. The van der Waals surface area contributed by atoms with Crippen molar-refractivity contribution in [1.82, 2.24) is 4.98 Å². The number of rotatable bonds is 4. The molecule has 3 aliphatic carbocycles. The summed E-state index contributed by atoms with van der Waals surface area (Å²) in [7, 11) is 0. The number of nitrogens with one attached hydrogen (secondary N) is 1. The minimum atomic E-state index is -1.61. The van der Waals surface area contributed by atoms with Gasteiger partial charge in [-0.25, -0.2) is 4.98 Å². The van der Waals surface area contributed by atoms with Crippen molar-refractivity contribution in [2.45, 2.75) is 30.3 Å². The molecule has 5 aromatic rings. The van der Waals surface area contributed by atoms with Gasteiger partial charge < -0.3 is 11.1 Å². The summed E-state index contributed by atoms with van der Waals surface area (Å²) in [5, 5.41) is 20.3. The summed E-state index contributed by atoms with van der Waals surface area (Å²) in [5.74, 6) is -0.996. The topological polar surface area (TPSA) is 111 Å². The summed E-state index contributed by atoms with van der Waals surface area (Å²) < 4.78 is 0. The Labute approximate surface area is 228 Å². The second-order valence-electron chi connectivity index (χ2n) is 10.4. The molecule has 0 saturated carbocycles. The third-order valence-electron chi connectivity index (χ3n) is 8.38. The number of nitro groups is 1. The van der Waals surface area contributed by atoms with E-state index in [0.29, 0.717) is 16.3 Å². The lowest BCUT2D eigenvalue weighted by Crippen LogP contribution is -2.66. The zero-order chi connectivity index (χ0) is 26.9. The molecule has 3 N–H and O–H groups in total. The molecule has 8 rings (SSSR count). The number of amides is 1. The average Bonchev–Trinajstić information content (AvgIpc) is 3.41. The summed E-state index contributed by atoms with van der Waals surface area (Å²) >= 11 is 1.31. The molecule has 2 bridgehead atoms. The molecule has 0 spiro atoms. The molecule has 1 aromatic heterocycles. The number of aromatic nitrogens is 1. The number of carbonyl (C=O) groups excluding carboxylic acids is 1. The number of nitrogens with two attached hydrogens (primary N) is 1. The lowest BCUT2D eigenvalue weighted by atomic mass is 9.52. The lowest BCUT2D eigenvalue weighted by Gasteiger charge is -2.51. The van der Waals surface area contributed by atoms with Crippen molar-refractivity contribution in [2.24, 2.45) is 5.73 Å². The van der Waals surface area contributed by atoms with Crippen LogP contribution in [0.25, 0.3) is 22.0 Å². The van der Waals surface area contributed by atoms with Gasteiger partial charge in [0.05, 0.1) is 12.1 Å². The standard InChI is InChI=1S/C31H24N4O3S/c1-18-14-15-21(20-9-3-2-8-19(18)20)26-16-39-29(33-26)34-28(36)30(32)17-31(35(37)38)24-12-6-4-10-22(24)27(30)23-11-5-7-13-25(23)31/h2-16,27H,17,32H2,1H3,(H,33,34,36). The normalized spacial score (nSPS) is 22.8. The highest BCUT2D eigenvalue weighted by atomic mass is 32.1. The van der Waals surface area contributed by atoms with Crippen molar-refractivity contribution >= 4 is 33.1 Å². The summed E-state index contributed by atoms with van der Waals surface area (Å²) in [5.41, 5.74) is 9.37. The fraction of sp³-hybridized carbons (Fsp3) is 0.161. The number of fused-ring (bicyclic) bond motifs is 2. The number of nitrogens with zero attached hydrogens (tertiary/aromatic N) is 2. The van der Waals surface area contributed by atoms with Gasteiger partial charge in [0.25, 0.3) is 5.54 Å². The molecule has 1 amide bonds. The molecular weight excluding hydrogens is 508 g/mol. The van der Waals surface area contributed by atoms with Crippen LogP contribution in [-0.2, 0) is 10.3 Å². The maximum atomic E-state index is 14.0. The Hall–Kier alpha value is -4.40. The number of anilines is 1. The van der Waals surface area contributed by atoms with E-state index in [9.17, 15) is 14.9 Å². The summed E-state index contributed by atoms with van der Waals surface area (Å²) in [4.78, 5) is 31.2. The van der Waals surface area contributed by atoms with E-state index in [4.69, 9.17) is 10.7 Å². The minimum absolute atomic E-state index is 0.141. The van der Waals surface area contributed by atoms with Gasteiger partial charge in [-0.15, -0.1) is 11.3 Å². The number of carbonyl (C=O) groups is 1. The molecule has 0 fully saturated rings. The first-order chi connectivity index (χ1) is 18.8. The van der Waals surface area contributed by atoms with E-state index in [2.05, 4.69) is 30.4 Å². The maximum absolute atomic E-state index is 14.0. The SMILES string of the molecule is Cc1ccc(-c2csc(NC(=O)C3(N)CC4([N+](=O)[O-])c5ccccc5C3c3ccccc34)n2)c2ccccc12. The molecule has 3 aliphatic rings. The van der Waals surface area contributed by atoms with E-state index in [-0.39, 0.29) is 11.3 Å². The van der Waals surface area contributed by atoms with E-state index in [0.717, 1.165) is 33.2 Å². The van der Waals surface area contributed by atoms with Crippen LogP contribution in [0.2, 0.25) is 0 Å². The quantitative estimate of drug-likeness (QED) is 0.219. The molecule has 1 atom stereocenters. The predicted octanol–water partition coefficient (Wildman–Crippen LogP) is 5.98. The number of aryl methyl sites for hydroxylation is 1. The molecule has 0 radical (unpaired) electrons. The highest BCUT2D eigenvalue weighted by molar-refractivity contribution is 7.14. The van der Waals surface area contributed by atoms with E-state index < -0.39 is 22.9 Å². The lowest BCUT2D eigenvalue weighted by molar-refractivity contribution is -0.571. The van der Waals surface area contributed by atoms with Crippen molar-refractivity contribution in [2.75, 3.05) is 5.32 Å². The van der Waals surface area contributed by atoms with Gasteiger partial charge in [-0.1, -0.05) is 84.9 Å².